The monoisotopic (exact) mass is 401 g/mol. The first-order chi connectivity index (χ1) is 14.2. The number of para-hydroxylation sites is 2. The van der Waals surface area contributed by atoms with Crippen LogP contribution >= 0.6 is 7.44 Å². The minimum atomic E-state index is -3.17. The zero-order valence-corrected chi connectivity index (χ0v) is 17.4. The Morgan fingerprint density at radius 1 is 0.862 bits per heavy atom. The van der Waals surface area contributed by atoms with Crippen LogP contribution in [0.3, 0.4) is 0 Å². The van der Waals surface area contributed by atoms with Crippen LogP contribution in [0.25, 0.3) is 0 Å². The lowest BCUT2D eigenvalue weighted by Crippen LogP contribution is -2.24. The molecule has 0 bridgehead atoms. The van der Waals surface area contributed by atoms with Gasteiger partial charge in [0.25, 0.3) is 7.44 Å². The van der Waals surface area contributed by atoms with Crippen LogP contribution in [-0.2, 0) is 4.57 Å². The Balaban J connectivity index is 1.91. The zero-order valence-electron chi connectivity index (χ0n) is 16.5. The van der Waals surface area contributed by atoms with Gasteiger partial charge in [-0.25, -0.2) is 0 Å². The van der Waals surface area contributed by atoms with Crippen molar-refractivity contribution in [1.29, 1.82) is 5.26 Å². The van der Waals surface area contributed by atoms with Crippen molar-refractivity contribution in [3.63, 3.8) is 0 Å². The van der Waals surface area contributed by atoms with Crippen molar-refractivity contribution in [1.82, 2.24) is 0 Å². The third-order valence-electron chi connectivity index (χ3n) is 5.56. The van der Waals surface area contributed by atoms with E-state index in [0.29, 0.717) is 13.1 Å². The van der Waals surface area contributed by atoms with E-state index in [-0.39, 0.29) is 6.42 Å². The lowest BCUT2D eigenvalue weighted by atomic mass is 10.0. The predicted molar refractivity (Wildman–Crippen MR) is 119 cm³/mol. The first-order valence-electron chi connectivity index (χ1n) is 9.84. The van der Waals surface area contributed by atoms with Gasteiger partial charge in [0.05, 0.1) is 18.1 Å². The Hall–Kier alpha value is -3.02. The second-order valence-electron chi connectivity index (χ2n) is 7.24. The first kappa shape index (κ1) is 19.3. The van der Waals surface area contributed by atoms with Crippen LogP contribution in [-0.4, -0.2) is 13.1 Å². The normalized spacial score (nSPS) is 16.4. The Bertz CT molecular complexity index is 1010. The number of nitrogens with zero attached hydrogens (tertiary/aromatic N) is 3. The zero-order chi connectivity index (χ0) is 20.3. The van der Waals surface area contributed by atoms with Gasteiger partial charge in [-0.15, -0.1) is 0 Å². The summed E-state index contributed by atoms with van der Waals surface area (Å²) in [6.45, 7) is 3.34. The van der Waals surface area contributed by atoms with Gasteiger partial charge >= 0.3 is 0 Å². The maximum Gasteiger partial charge on any atom is 0.271 e. The molecular weight excluding hydrogens is 377 g/mol. The molecule has 3 aromatic carbocycles. The molecule has 1 fully saturated rings. The molecule has 0 N–H and O–H groups in total. The van der Waals surface area contributed by atoms with Crippen LogP contribution in [0.15, 0.2) is 84.9 Å². The van der Waals surface area contributed by atoms with E-state index in [1.807, 2.05) is 101 Å². The van der Waals surface area contributed by atoms with Gasteiger partial charge in [-0.1, -0.05) is 60.7 Å². The summed E-state index contributed by atoms with van der Waals surface area (Å²) in [4.78, 5) is 0. The summed E-state index contributed by atoms with van der Waals surface area (Å²) in [5.41, 5.74) is 3.53. The molecule has 1 saturated heterocycles. The van der Waals surface area contributed by atoms with Crippen LogP contribution in [0.5, 0.6) is 0 Å². The number of hydrogen-bond acceptors (Lipinski definition) is 2. The van der Waals surface area contributed by atoms with E-state index in [1.165, 1.54) is 0 Å². The maximum absolute atomic E-state index is 15.0. The molecule has 0 aliphatic carbocycles. The highest BCUT2D eigenvalue weighted by Crippen LogP contribution is 2.70. The fourth-order valence-corrected chi connectivity index (χ4v) is 7.77. The highest BCUT2D eigenvalue weighted by atomic mass is 31.2. The lowest BCUT2D eigenvalue weighted by molar-refractivity contribution is 0.564. The average molecular weight is 401 g/mol. The number of aryl methyl sites for hydroxylation is 1. The second kappa shape index (κ2) is 8.15. The maximum atomic E-state index is 15.0. The summed E-state index contributed by atoms with van der Waals surface area (Å²) in [5.74, 6) is 0. The molecule has 1 heterocycles. The van der Waals surface area contributed by atoms with Gasteiger partial charge in [-0.05, 0) is 42.3 Å². The van der Waals surface area contributed by atoms with E-state index < -0.39 is 13.1 Å². The van der Waals surface area contributed by atoms with E-state index in [1.54, 1.807) is 0 Å². The van der Waals surface area contributed by atoms with Gasteiger partial charge in [0.2, 0.25) is 0 Å². The SMILES string of the molecule is Cc1ccccc1C(CC#N)P1(=O)N(c2ccccc2)CCN1c1ccccc1. The average Bonchev–Trinajstić information content (AvgIpc) is 3.12. The Morgan fingerprint density at radius 2 is 1.34 bits per heavy atom. The van der Waals surface area contributed by atoms with Crippen molar-refractivity contribution < 1.29 is 4.57 Å². The summed E-state index contributed by atoms with van der Waals surface area (Å²) in [6.07, 6.45) is 0.203. The van der Waals surface area contributed by atoms with Gasteiger partial charge in [-0.3, -0.25) is 4.57 Å². The van der Waals surface area contributed by atoms with Crippen LogP contribution in [0.1, 0.15) is 23.2 Å². The van der Waals surface area contributed by atoms with E-state index in [9.17, 15) is 5.26 Å². The van der Waals surface area contributed by atoms with Crippen LogP contribution in [0, 0.1) is 18.3 Å². The van der Waals surface area contributed by atoms with E-state index in [4.69, 9.17) is 0 Å². The molecule has 4 nitrogen and oxygen atoms in total. The molecule has 0 saturated carbocycles. The van der Waals surface area contributed by atoms with Crippen LogP contribution in [0.2, 0.25) is 0 Å². The van der Waals surface area contributed by atoms with E-state index in [0.717, 1.165) is 22.5 Å². The third-order valence-corrected chi connectivity index (χ3v) is 9.08. The summed E-state index contributed by atoms with van der Waals surface area (Å²) in [5, 5.41) is 9.67. The molecular formula is C24H24N3OP. The highest BCUT2D eigenvalue weighted by Gasteiger charge is 2.50. The molecule has 1 aliphatic heterocycles. The molecule has 1 aliphatic rings. The largest absolute Gasteiger partial charge is 0.304 e. The van der Waals surface area contributed by atoms with Gasteiger partial charge in [-0.2, -0.15) is 5.26 Å². The van der Waals surface area contributed by atoms with Crippen molar-refractivity contribution >= 4 is 18.8 Å². The number of nitriles is 1. The summed E-state index contributed by atoms with van der Waals surface area (Å²) in [7, 11) is -3.17. The van der Waals surface area contributed by atoms with Crippen molar-refractivity contribution in [3.05, 3.63) is 96.1 Å². The van der Waals surface area contributed by atoms with E-state index in [2.05, 4.69) is 6.07 Å². The predicted octanol–water partition coefficient (Wildman–Crippen LogP) is 6.17. The van der Waals surface area contributed by atoms with Gasteiger partial charge < -0.3 is 9.34 Å². The second-order valence-corrected chi connectivity index (χ2v) is 10.0. The van der Waals surface area contributed by atoms with Gasteiger partial charge in [0.15, 0.2) is 0 Å². The molecule has 3 aromatic rings. The van der Waals surface area contributed by atoms with Crippen LogP contribution in [0.4, 0.5) is 11.4 Å². The molecule has 4 rings (SSSR count). The number of rotatable bonds is 5. The highest BCUT2D eigenvalue weighted by molar-refractivity contribution is 7.68. The number of anilines is 2. The smallest absolute Gasteiger partial charge is 0.271 e. The quantitative estimate of drug-likeness (QED) is 0.480. The fraction of sp³-hybridized carbons (Fsp3) is 0.208. The Labute approximate surface area is 172 Å². The molecule has 0 spiro atoms. The molecule has 1 unspecified atom stereocenters. The minimum Gasteiger partial charge on any atom is -0.304 e. The fourth-order valence-electron chi connectivity index (χ4n) is 4.19. The first-order valence-corrected chi connectivity index (χ1v) is 11.5. The van der Waals surface area contributed by atoms with Crippen molar-refractivity contribution in [2.45, 2.75) is 19.0 Å². The lowest BCUT2D eigenvalue weighted by Gasteiger charge is -2.38. The third kappa shape index (κ3) is 3.43. The van der Waals surface area contributed by atoms with Crippen molar-refractivity contribution in [2.75, 3.05) is 22.4 Å². The molecule has 0 amide bonds. The van der Waals surface area contributed by atoms with Gasteiger partial charge in [0.1, 0.15) is 0 Å². The molecule has 0 aromatic heterocycles. The molecule has 5 heteroatoms. The Morgan fingerprint density at radius 3 is 1.83 bits per heavy atom. The van der Waals surface area contributed by atoms with Crippen LogP contribution < -0.4 is 9.34 Å². The van der Waals surface area contributed by atoms with Crippen molar-refractivity contribution in [2.24, 2.45) is 0 Å². The number of hydrogen-bond donors (Lipinski definition) is 0. The molecule has 29 heavy (non-hydrogen) atoms. The molecule has 0 radical (unpaired) electrons. The Kier molecular flexibility index (Phi) is 5.43. The summed E-state index contributed by atoms with van der Waals surface area (Å²) in [6, 6.07) is 30.1. The standard InChI is InChI=1S/C24H24N3OP/c1-20-10-8-9-15-23(20)24(16-17-25)29(28)26(21-11-4-2-5-12-21)18-19-27(29)22-13-6-3-7-14-22/h2-15,24H,16,18-19H2,1H3. The minimum absolute atomic E-state index is 0.203. The summed E-state index contributed by atoms with van der Waals surface area (Å²) < 4.78 is 19.1. The van der Waals surface area contributed by atoms with E-state index >= 15 is 4.57 Å². The molecule has 146 valence electrons. The van der Waals surface area contributed by atoms with Gasteiger partial charge in [0, 0.05) is 24.5 Å². The van der Waals surface area contributed by atoms with Crippen molar-refractivity contribution in [3.8, 4) is 6.07 Å². The summed E-state index contributed by atoms with van der Waals surface area (Å²) >= 11 is 0. The topological polar surface area (TPSA) is 47.3 Å². The molecule has 1 atom stereocenters. The number of benzene rings is 3.